The van der Waals surface area contributed by atoms with Crippen LogP contribution in [-0.2, 0) is 6.54 Å². The summed E-state index contributed by atoms with van der Waals surface area (Å²) in [4.78, 5) is 23.6. The second-order valence-electron chi connectivity index (χ2n) is 9.14. The van der Waals surface area contributed by atoms with Crippen LogP contribution in [0.5, 0.6) is 0 Å². The molecule has 0 saturated carbocycles. The maximum absolute atomic E-state index is 13.4. The van der Waals surface area contributed by atoms with Crippen molar-refractivity contribution in [1.29, 1.82) is 0 Å². The maximum atomic E-state index is 13.4. The molecule has 0 aliphatic carbocycles. The number of benzene rings is 1. The van der Waals surface area contributed by atoms with Crippen LogP contribution in [0.2, 0.25) is 0 Å². The standard InChI is InChI=1S/C25H29N7O/c1-16-13-20(14-17(2)27-16)21-22(19-7-5-4-6-8-19)28-24(26)32-23(21)29-31(25(32)33)15-18-9-11-30(3)12-10-18/h4-8,13-14,18H,9-12,15H2,1-3H3,(H2,26,28)/p+1. The largest absolute Gasteiger partial charge is 0.411 e. The number of fused-ring (bicyclic) bond motifs is 1. The highest BCUT2D eigenvalue weighted by atomic mass is 16.2. The number of nitrogen functional groups attached to an aromatic ring is 1. The predicted octanol–water partition coefficient (Wildman–Crippen LogP) is 2.58. The number of anilines is 1. The van der Waals surface area contributed by atoms with Gasteiger partial charge >= 0.3 is 11.6 Å². The summed E-state index contributed by atoms with van der Waals surface area (Å²) in [6.07, 6.45) is 2.12. The number of piperidine rings is 1. The van der Waals surface area contributed by atoms with Crippen LogP contribution in [0.4, 0.5) is 5.95 Å². The molecule has 3 N–H and O–H groups in total. The van der Waals surface area contributed by atoms with Gasteiger partial charge in [0.15, 0.2) is 0 Å². The van der Waals surface area contributed by atoms with Crippen LogP contribution < -0.4 is 16.4 Å². The molecule has 4 aromatic rings. The number of nitrogens with one attached hydrogen (secondary N) is 1. The Morgan fingerprint density at radius 2 is 1.73 bits per heavy atom. The van der Waals surface area contributed by atoms with Gasteiger partial charge in [0.1, 0.15) is 5.69 Å². The first kappa shape index (κ1) is 21.3. The van der Waals surface area contributed by atoms with Gasteiger partial charge in [0.05, 0.1) is 12.1 Å². The average molecular weight is 445 g/mol. The second-order valence-corrected chi connectivity index (χ2v) is 9.14. The van der Waals surface area contributed by atoms with Gasteiger partial charge in [0.2, 0.25) is 5.65 Å². The van der Waals surface area contributed by atoms with E-state index in [0.29, 0.717) is 18.1 Å². The van der Waals surface area contributed by atoms with Crippen LogP contribution in [0, 0.1) is 19.8 Å². The molecule has 170 valence electrons. The van der Waals surface area contributed by atoms with E-state index in [1.54, 1.807) is 4.68 Å². The number of likely N-dealkylation sites (tertiary alicyclic amines) is 1. The molecular formula is C25H30N7O+. The van der Waals surface area contributed by atoms with Crippen molar-refractivity contribution in [2.24, 2.45) is 5.92 Å². The van der Waals surface area contributed by atoms with Crippen molar-refractivity contribution in [2.45, 2.75) is 33.2 Å². The third-order valence-electron chi connectivity index (χ3n) is 6.51. The molecule has 8 nitrogen and oxygen atoms in total. The second kappa shape index (κ2) is 8.44. The lowest BCUT2D eigenvalue weighted by atomic mass is 9.97. The quantitative estimate of drug-likeness (QED) is 0.522. The fourth-order valence-corrected chi connectivity index (χ4v) is 4.83. The first-order valence-electron chi connectivity index (χ1n) is 11.4. The van der Waals surface area contributed by atoms with Crippen molar-refractivity contribution in [1.82, 2.24) is 24.1 Å². The highest BCUT2D eigenvalue weighted by Crippen LogP contribution is 2.33. The number of nitrogens with two attached hydrogens (primary N) is 1. The van der Waals surface area contributed by atoms with E-state index in [2.05, 4.69) is 21.9 Å². The fraction of sp³-hybridized carbons (Fsp3) is 0.360. The summed E-state index contributed by atoms with van der Waals surface area (Å²) in [7, 11) is 2.14. The van der Waals surface area contributed by atoms with Crippen LogP contribution in [0.3, 0.4) is 0 Å². The van der Waals surface area contributed by atoms with Crippen molar-refractivity contribution < 1.29 is 4.98 Å². The Morgan fingerprint density at radius 3 is 2.39 bits per heavy atom. The number of hydrogen-bond donors (Lipinski definition) is 1. The number of hydrogen-bond acceptors (Lipinski definition) is 5. The van der Waals surface area contributed by atoms with E-state index in [0.717, 1.165) is 59.7 Å². The van der Waals surface area contributed by atoms with Crippen molar-refractivity contribution in [3.8, 4) is 22.4 Å². The van der Waals surface area contributed by atoms with Crippen LogP contribution in [0.15, 0.2) is 47.3 Å². The SMILES string of the molecule is Cc1cc(-c2c(-c3ccccc3)[nH+]c(N)n3c(=O)n(CC4CCN(C)CC4)nc23)cc(C)n1. The van der Waals surface area contributed by atoms with Gasteiger partial charge in [-0.3, -0.25) is 10.7 Å². The molecule has 8 heteroatoms. The summed E-state index contributed by atoms with van der Waals surface area (Å²) >= 11 is 0. The lowest BCUT2D eigenvalue weighted by Crippen LogP contribution is -2.34. The van der Waals surface area contributed by atoms with E-state index >= 15 is 0 Å². The normalized spacial score (nSPS) is 15.4. The maximum Gasteiger partial charge on any atom is 0.411 e. The first-order chi connectivity index (χ1) is 15.9. The zero-order valence-electron chi connectivity index (χ0n) is 19.4. The Hall–Kier alpha value is -3.52. The van der Waals surface area contributed by atoms with Gasteiger partial charge in [-0.05, 0) is 70.4 Å². The fourth-order valence-electron chi connectivity index (χ4n) is 4.83. The Morgan fingerprint density at radius 1 is 1.06 bits per heavy atom. The Bertz CT molecular complexity index is 1350. The van der Waals surface area contributed by atoms with E-state index in [4.69, 9.17) is 10.8 Å². The molecule has 0 spiro atoms. The molecule has 1 saturated heterocycles. The number of nitrogens with zero attached hydrogens (tertiary/aromatic N) is 5. The van der Waals surface area contributed by atoms with Gasteiger partial charge in [-0.2, -0.15) is 4.68 Å². The number of rotatable bonds is 4. The Balaban J connectivity index is 1.73. The molecule has 0 unspecified atom stereocenters. The number of pyridine rings is 1. The van der Waals surface area contributed by atoms with Crippen LogP contribution in [0.25, 0.3) is 28.0 Å². The highest BCUT2D eigenvalue weighted by molar-refractivity contribution is 5.88. The summed E-state index contributed by atoms with van der Waals surface area (Å²) in [6.45, 7) is 6.63. The zero-order chi connectivity index (χ0) is 23.1. The monoisotopic (exact) mass is 444 g/mol. The van der Waals surface area contributed by atoms with E-state index in [1.807, 2.05) is 56.3 Å². The van der Waals surface area contributed by atoms with Gasteiger partial charge in [-0.15, -0.1) is 9.50 Å². The number of H-pyrrole nitrogens is 1. The van der Waals surface area contributed by atoms with Gasteiger partial charge < -0.3 is 4.90 Å². The van der Waals surface area contributed by atoms with Crippen molar-refractivity contribution in [2.75, 3.05) is 25.9 Å². The lowest BCUT2D eigenvalue weighted by molar-refractivity contribution is -0.351. The molecule has 1 aliphatic heterocycles. The Labute approximate surface area is 192 Å². The van der Waals surface area contributed by atoms with Crippen molar-refractivity contribution in [3.63, 3.8) is 0 Å². The minimum absolute atomic E-state index is 0.207. The molecular weight excluding hydrogens is 414 g/mol. The van der Waals surface area contributed by atoms with Gasteiger partial charge in [-0.25, -0.2) is 9.78 Å². The van der Waals surface area contributed by atoms with Crippen molar-refractivity contribution in [3.05, 3.63) is 64.3 Å². The molecule has 4 heterocycles. The number of aromatic amines is 1. The zero-order valence-corrected chi connectivity index (χ0v) is 19.4. The van der Waals surface area contributed by atoms with Gasteiger partial charge in [0.25, 0.3) is 0 Å². The van der Waals surface area contributed by atoms with Crippen LogP contribution >= 0.6 is 0 Å². The van der Waals surface area contributed by atoms with Crippen LogP contribution in [0.1, 0.15) is 24.2 Å². The third-order valence-corrected chi connectivity index (χ3v) is 6.51. The summed E-state index contributed by atoms with van der Waals surface area (Å²) in [5.41, 5.74) is 12.2. The molecule has 0 radical (unpaired) electrons. The summed E-state index contributed by atoms with van der Waals surface area (Å²) in [5.74, 6) is 0.700. The van der Waals surface area contributed by atoms with Crippen LogP contribution in [-0.4, -0.2) is 44.2 Å². The van der Waals surface area contributed by atoms with E-state index in [1.165, 1.54) is 4.40 Å². The van der Waals surface area contributed by atoms with Gasteiger partial charge in [0, 0.05) is 17.0 Å². The molecule has 1 aliphatic rings. The van der Waals surface area contributed by atoms with Gasteiger partial charge in [-0.1, -0.05) is 30.3 Å². The minimum atomic E-state index is -0.207. The smallest absolute Gasteiger partial charge is 0.306 e. The number of aromatic nitrogens is 5. The number of aryl methyl sites for hydroxylation is 2. The van der Waals surface area contributed by atoms with E-state index < -0.39 is 0 Å². The summed E-state index contributed by atoms with van der Waals surface area (Å²) in [5, 5.41) is 4.84. The molecule has 0 atom stereocenters. The summed E-state index contributed by atoms with van der Waals surface area (Å²) in [6, 6.07) is 14.1. The first-order valence-corrected chi connectivity index (χ1v) is 11.4. The molecule has 0 bridgehead atoms. The Kier molecular flexibility index (Phi) is 5.46. The minimum Gasteiger partial charge on any atom is -0.306 e. The summed E-state index contributed by atoms with van der Waals surface area (Å²) < 4.78 is 3.09. The molecule has 3 aromatic heterocycles. The molecule has 1 aromatic carbocycles. The third kappa shape index (κ3) is 4.02. The van der Waals surface area contributed by atoms with E-state index in [-0.39, 0.29) is 11.6 Å². The van der Waals surface area contributed by atoms with Crippen molar-refractivity contribution >= 4 is 11.6 Å². The van der Waals surface area contributed by atoms with E-state index in [9.17, 15) is 4.79 Å². The topological polar surface area (TPSA) is 95.6 Å². The molecule has 5 rings (SSSR count). The molecule has 1 fully saturated rings. The lowest BCUT2D eigenvalue weighted by Gasteiger charge is -2.28. The molecule has 0 amide bonds. The average Bonchev–Trinajstić information content (AvgIpc) is 3.11. The highest BCUT2D eigenvalue weighted by Gasteiger charge is 2.27. The molecule has 33 heavy (non-hydrogen) atoms. The predicted molar refractivity (Wildman–Crippen MR) is 129 cm³/mol.